The highest BCUT2D eigenvalue weighted by atomic mass is 32.1. The molecule has 0 saturated carbocycles. The highest BCUT2D eigenvalue weighted by Gasteiger charge is 2.23. The summed E-state index contributed by atoms with van der Waals surface area (Å²) in [5.41, 5.74) is 2.27. The molecule has 0 aliphatic heterocycles. The maximum Gasteiger partial charge on any atom is 0.238 e. The van der Waals surface area contributed by atoms with Crippen molar-refractivity contribution in [2.24, 2.45) is 0 Å². The van der Waals surface area contributed by atoms with Gasteiger partial charge in [-0.1, -0.05) is 72.8 Å². The quantitative estimate of drug-likeness (QED) is 0.222. The van der Waals surface area contributed by atoms with Crippen molar-refractivity contribution in [3.05, 3.63) is 96.6 Å². The zero-order chi connectivity index (χ0) is 24.0. The molecule has 0 aliphatic carbocycles. The monoisotopic (exact) mass is 480 g/mol. The Kier molecular flexibility index (Phi) is 3.92. The molecule has 0 N–H and O–H groups in total. The molecule has 8 rings (SSSR count). The molecule has 3 aromatic heterocycles. The normalized spacial score (nSPS) is 12.2. The number of thiophene rings is 1. The SMILES string of the molecule is Cc1nc(C)nc(-n2c3ccccc3c3c4ccc5ccccc5c4c4sc5ccccc5c4c32)n1. The molecule has 5 heteroatoms. The molecule has 36 heavy (non-hydrogen) atoms. The van der Waals surface area contributed by atoms with Crippen LogP contribution in [0.15, 0.2) is 84.9 Å². The molecule has 5 aromatic carbocycles. The lowest BCUT2D eigenvalue weighted by molar-refractivity contribution is 0.865. The summed E-state index contributed by atoms with van der Waals surface area (Å²) >= 11 is 1.87. The van der Waals surface area contributed by atoms with Crippen LogP contribution in [0.4, 0.5) is 0 Å². The van der Waals surface area contributed by atoms with E-state index in [4.69, 9.17) is 9.97 Å². The first-order valence-electron chi connectivity index (χ1n) is 12.1. The Morgan fingerprint density at radius 2 is 1.28 bits per heavy atom. The zero-order valence-electron chi connectivity index (χ0n) is 19.8. The molecule has 0 fully saturated rings. The zero-order valence-corrected chi connectivity index (χ0v) is 20.6. The number of hydrogen-bond donors (Lipinski definition) is 0. The first-order valence-corrected chi connectivity index (χ1v) is 12.9. The van der Waals surface area contributed by atoms with Crippen LogP contribution in [0.3, 0.4) is 0 Å². The van der Waals surface area contributed by atoms with E-state index >= 15 is 0 Å². The van der Waals surface area contributed by atoms with Crippen LogP contribution in [0.25, 0.3) is 69.5 Å². The standard InChI is InChI=1S/C31H20N4S/c1-17-32-18(2)34-31(33-17)35-24-13-7-5-11-21(24)26-23-16-15-19-9-3-4-10-20(19)27(23)30-28(29(26)35)22-12-6-8-14-25(22)36-30/h3-16H,1-2H3. The fourth-order valence-corrected chi connectivity index (χ4v) is 7.11. The Bertz CT molecular complexity index is 2170. The fourth-order valence-electron chi connectivity index (χ4n) is 5.84. The molecule has 0 atom stereocenters. The summed E-state index contributed by atoms with van der Waals surface area (Å²) in [6, 6.07) is 30.6. The number of rotatable bonds is 1. The summed E-state index contributed by atoms with van der Waals surface area (Å²) in [4.78, 5) is 14.1. The topological polar surface area (TPSA) is 43.6 Å². The molecule has 3 heterocycles. The number of aromatic nitrogens is 4. The van der Waals surface area contributed by atoms with E-state index < -0.39 is 0 Å². The highest BCUT2D eigenvalue weighted by Crippen LogP contribution is 2.49. The van der Waals surface area contributed by atoms with Crippen LogP contribution in [0.1, 0.15) is 11.6 Å². The van der Waals surface area contributed by atoms with Gasteiger partial charge in [-0.25, -0.2) is 4.98 Å². The van der Waals surface area contributed by atoms with Crippen LogP contribution in [0.2, 0.25) is 0 Å². The number of fused-ring (bicyclic) bond motifs is 12. The molecule has 0 bridgehead atoms. The van der Waals surface area contributed by atoms with E-state index in [0.717, 1.165) is 22.7 Å². The maximum absolute atomic E-state index is 4.82. The number of para-hydroxylation sites is 1. The van der Waals surface area contributed by atoms with Gasteiger partial charge in [-0.05, 0) is 42.1 Å². The van der Waals surface area contributed by atoms with Crippen molar-refractivity contribution in [2.75, 3.05) is 0 Å². The molecule has 0 spiro atoms. The number of nitrogens with zero attached hydrogens (tertiary/aromatic N) is 4. The lowest BCUT2D eigenvalue weighted by atomic mass is 9.95. The van der Waals surface area contributed by atoms with Gasteiger partial charge >= 0.3 is 0 Å². The van der Waals surface area contributed by atoms with Crippen molar-refractivity contribution < 1.29 is 0 Å². The smallest absolute Gasteiger partial charge is 0.238 e. The van der Waals surface area contributed by atoms with Crippen molar-refractivity contribution in [3.63, 3.8) is 0 Å². The Morgan fingerprint density at radius 3 is 2.11 bits per heavy atom. The molecule has 0 unspecified atom stereocenters. The Hall–Kier alpha value is -4.35. The predicted molar refractivity (Wildman–Crippen MR) is 152 cm³/mol. The Balaban J connectivity index is 1.77. The third kappa shape index (κ3) is 2.55. The molecular formula is C31H20N4S. The number of benzene rings is 5. The van der Waals surface area contributed by atoms with Gasteiger partial charge in [-0.2, -0.15) is 9.97 Å². The van der Waals surface area contributed by atoms with Gasteiger partial charge in [-0.3, -0.25) is 4.57 Å². The van der Waals surface area contributed by atoms with Gasteiger partial charge in [0, 0.05) is 36.3 Å². The van der Waals surface area contributed by atoms with Gasteiger partial charge in [0.1, 0.15) is 11.6 Å². The van der Waals surface area contributed by atoms with Gasteiger partial charge in [0.05, 0.1) is 11.0 Å². The Labute approximate surface area is 210 Å². The summed E-state index contributed by atoms with van der Waals surface area (Å²) in [7, 11) is 0. The first kappa shape index (κ1) is 19.9. The van der Waals surface area contributed by atoms with E-state index in [1.807, 2.05) is 25.2 Å². The van der Waals surface area contributed by atoms with E-state index in [2.05, 4.69) is 94.5 Å². The summed E-state index contributed by atoms with van der Waals surface area (Å²) in [6.45, 7) is 3.87. The lowest BCUT2D eigenvalue weighted by Gasteiger charge is -2.11. The molecule has 0 radical (unpaired) electrons. The van der Waals surface area contributed by atoms with Crippen molar-refractivity contribution in [1.82, 2.24) is 19.5 Å². The average Bonchev–Trinajstić information content (AvgIpc) is 3.44. The molecule has 8 aromatic rings. The molecular weight excluding hydrogens is 460 g/mol. The summed E-state index contributed by atoms with van der Waals surface area (Å²) < 4.78 is 4.85. The van der Waals surface area contributed by atoms with Gasteiger partial charge < -0.3 is 0 Å². The average molecular weight is 481 g/mol. The van der Waals surface area contributed by atoms with E-state index in [1.54, 1.807) is 0 Å². The highest BCUT2D eigenvalue weighted by molar-refractivity contribution is 7.27. The minimum absolute atomic E-state index is 0.669. The molecule has 0 saturated heterocycles. The number of hydrogen-bond acceptors (Lipinski definition) is 4. The lowest BCUT2D eigenvalue weighted by Crippen LogP contribution is -2.06. The van der Waals surface area contributed by atoms with Crippen LogP contribution in [0.5, 0.6) is 0 Å². The van der Waals surface area contributed by atoms with Crippen molar-refractivity contribution in [2.45, 2.75) is 13.8 Å². The second-order valence-electron chi connectivity index (χ2n) is 9.32. The minimum Gasteiger partial charge on any atom is -0.277 e. The van der Waals surface area contributed by atoms with Crippen LogP contribution in [0, 0.1) is 13.8 Å². The largest absolute Gasteiger partial charge is 0.277 e. The van der Waals surface area contributed by atoms with Gasteiger partial charge in [0.25, 0.3) is 0 Å². The Morgan fingerprint density at radius 1 is 0.583 bits per heavy atom. The summed E-state index contributed by atoms with van der Waals surface area (Å²) in [6.07, 6.45) is 0. The van der Waals surface area contributed by atoms with E-state index in [-0.39, 0.29) is 0 Å². The van der Waals surface area contributed by atoms with Gasteiger partial charge in [0.15, 0.2) is 0 Å². The van der Waals surface area contributed by atoms with Gasteiger partial charge in [-0.15, -0.1) is 11.3 Å². The predicted octanol–water partition coefficient (Wildman–Crippen LogP) is 8.26. The van der Waals surface area contributed by atoms with Crippen LogP contribution in [-0.4, -0.2) is 19.5 Å². The van der Waals surface area contributed by atoms with E-state index in [0.29, 0.717) is 5.95 Å². The minimum atomic E-state index is 0.669. The maximum atomic E-state index is 4.82. The van der Waals surface area contributed by atoms with Crippen LogP contribution in [-0.2, 0) is 0 Å². The third-order valence-electron chi connectivity index (χ3n) is 7.18. The van der Waals surface area contributed by atoms with Gasteiger partial charge in [0.2, 0.25) is 5.95 Å². The molecule has 170 valence electrons. The van der Waals surface area contributed by atoms with E-state index in [9.17, 15) is 0 Å². The number of aryl methyl sites for hydroxylation is 2. The van der Waals surface area contributed by atoms with E-state index in [1.165, 1.54) is 52.5 Å². The fraction of sp³-hybridized carbons (Fsp3) is 0.0645. The second-order valence-corrected chi connectivity index (χ2v) is 10.4. The van der Waals surface area contributed by atoms with Crippen LogP contribution >= 0.6 is 11.3 Å². The van der Waals surface area contributed by atoms with Crippen LogP contribution < -0.4 is 0 Å². The van der Waals surface area contributed by atoms with Crippen molar-refractivity contribution in [1.29, 1.82) is 0 Å². The summed E-state index contributed by atoms with van der Waals surface area (Å²) in [5.74, 6) is 2.12. The van der Waals surface area contributed by atoms with Crippen molar-refractivity contribution >= 4 is 74.9 Å². The third-order valence-corrected chi connectivity index (χ3v) is 8.37. The second kappa shape index (κ2) is 7.09. The molecule has 4 nitrogen and oxygen atoms in total. The summed E-state index contributed by atoms with van der Waals surface area (Å²) in [5, 5.41) is 10.1. The molecule has 0 aliphatic rings. The molecule has 0 amide bonds. The first-order chi connectivity index (χ1) is 17.7. The van der Waals surface area contributed by atoms with Crippen molar-refractivity contribution in [3.8, 4) is 5.95 Å².